The van der Waals surface area contributed by atoms with Crippen LogP contribution < -0.4 is 0 Å². The van der Waals surface area contributed by atoms with E-state index >= 15 is 0 Å². The number of carbonyl (C=O) groups excluding carboxylic acids is 2. The minimum absolute atomic E-state index is 0.203. The number of Topliss-reactive ketones (excluding diaryl/α,β-unsaturated/α-hetero) is 1. The van der Waals surface area contributed by atoms with Gasteiger partial charge in [0.05, 0.1) is 0 Å². The molecule has 4 nitrogen and oxygen atoms in total. The molecule has 2 fully saturated rings. The molecule has 1 saturated carbocycles. The van der Waals surface area contributed by atoms with Gasteiger partial charge in [-0.3, -0.25) is 14.5 Å². The van der Waals surface area contributed by atoms with Crippen molar-refractivity contribution in [2.45, 2.75) is 57.4 Å². The molecule has 0 aromatic carbocycles. The summed E-state index contributed by atoms with van der Waals surface area (Å²) in [5.41, 5.74) is 0. The monoisotopic (exact) mass is 280 g/mol. The highest BCUT2D eigenvalue weighted by Gasteiger charge is 2.36. The van der Waals surface area contributed by atoms with Crippen LogP contribution in [0.5, 0.6) is 0 Å². The quantitative estimate of drug-likeness (QED) is 0.774. The van der Waals surface area contributed by atoms with Gasteiger partial charge in [0.25, 0.3) is 0 Å². The van der Waals surface area contributed by atoms with Gasteiger partial charge >= 0.3 is 0 Å². The standard InChI is InChI=1S/C16H28N2O2/c1-17(2)16(20)10-6-12-18-11-5-8-14(18)13-7-3-4-9-15(13)19/h13-14H,3-12H2,1-2H3. The Morgan fingerprint density at radius 1 is 1.25 bits per heavy atom. The number of likely N-dealkylation sites (tertiary alicyclic amines) is 1. The zero-order valence-electron chi connectivity index (χ0n) is 12.9. The lowest BCUT2D eigenvalue weighted by Gasteiger charge is -2.33. The zero-order valence-corrected chi connectivity index (χ0v) is 12.9. The predicted molar refractivity (Wildman–Crippen MR) is 79.5 cm³/mol. The molecule has 1 heterocycles. The second-order valence-electron chi connectivity index (χ2n) is 6.46. The molecule has 4 heteroatoms. The lowest BCUT2D eigenvalue weighted by atomic mass is 9.82. The number of rotatable bonds is 5. The van der Waals surface area contributed by atoms with Gasteiger partial charge in [0.1, 0.15) is 5.78 Å². The average molecular weight is 280 g/mol. The molecule has 0 aromatic rings. The first-order chi connectivity index (χ1) is 9.59. The molecule has 1 aliphatic heterocycles. The Bertz CT molecular complexity index is 354. The SMILES string of the molecule is CN(C)C(=O)CCCN1CCCC1C1CCCCC1=O. The Morgan fingerprint density at radius 3 is 2.75 bits per heavy atom. The number of carbonyl (C=O) groups is 2. The van der Waals surface area contributed by atoms with E-state index in [-0.39, 0.29) is 11.8 Å². The minimum atomic E-state index is 0.203. The van der Waals surface area contributed by atoms with Gasteiger partial charge in [0, 0.05) is 38.9 Å². The smallest absolute Gasteiger partial charge is 0.222 e. The van der Waals surface area contributed by atoms with Crippen LogP contribution in [0, 0.1) is 5.92 Å². The van der Waals surface area contributed by atoms with E-state index in [1.807, 2.05) is 14.1 Å². The highest BCUT2D eigenvalue weighted by Crippen LogP contribution is 2.32. The molecule has 2 unspecified atom stereocenters. The largest absolute Gasteiger partial charge is 0.349 e. The van der Waals surface area contributed by atoms with Gasteiger partial charge < -0.3 is 4.90 Å². The van der Waals surface area contributed by atoms with E-state index in [4.69, 9.17) is 0 Å². The fourth-order valence-corrected chi connectivity index (χ4v) is 3.66. The normalized spacial score (nSPS) is 27.8. The van der Waals surface area contributed by atoms with E-state index in [1.54, 1.807) is 4.90 Å². The highest BCUT2D eigenvalue weighted by atomic mass is 16.2. The summed E-state index contributed by atoms with van der Waals surface area (Å²) in [6.07, 6.45) is 8.06. The molecule has 0 radical (unpaired) electrons. The van der Waals surface area contributed by atoms with Crippen molar-refractivity contribution in [2.75, 3.05) is 27.2 Å². The second-order valence-corrected chi connectivity index (χ2v) is 6.46. The molecule has 2 atom stereocenters. The van der Waals surface area contributed by atoms with E-state index in [2.05, 4.69) is 4.90 Å². The topological polar surface area (TPSA) is 40.6 Å². The molecule has 0 spiro atoms. The Balaban J connectivity index is 1.81. The maximum Gasteiger partial charge on any atom is 0.222 e. The van der Waals surface area contributed by atoms with Crippen LogP contribution in [-0.4, -0.2) is 54.7 Å². The number of ketones is 1. The lowest BCUT2D eigenvalue weighted by molar-refractivity contribution is -0.129. The van der Waals surface area contributed by atoms with Crippen molar-refractivity contribution in [3.63, 3.8) is 0 Å². The summed E-state index contributed by atoms with van der Waals surface area (Å²) in [6.45, 7) is 2.07. The molecule has 1 aliphatic carbocycles. The molecule has 0 N–H and O–H groups in total. The number of hydrogen-bond acceptors (Lipinski definition) is 3. The maximum absolute atomic E-state index is 12.1. The van der Waals surface area contributed by atoms with Crippen LogP contribution in [0.3, 0.4) is 0 Å². The van der Waals surface area contributed by atoms with Crippen molar-refractivity contribution in [1.29, 1.82) is 0 Å². The van der Waals surface area contributed by atoms with Crippen molar-refractivity contribution in [3.05, 3.63) is 0 Å². The number of amides is 1. The Hall–Kier alpha value is -0.900. The van der Waals surface area contributed by atoms with Gasteiger partial charge in [-0.1, -0.05) is 6.42 Å². The minimum Gasteiger partial charge on any atom is -0.349 e. The molecule has 0 bridgehead atoms. The van der Waals surface area contributed by atoms with Crippen LogP contribution in [0.1, 0.15) is 51.4 Å². The van der Waals surface area contributed by atoms with Crippen LogP contribution in [0.25, 0.3) is 0 Å². The molecule has 20 heavy (non-hydrogen) atoms. The fourth-order valence-electron chi connectivity index (χ4n) is 3.66. The Morgan fingerprint density at radius 2 is 2.05 bits per heavy atom. The second kappa shape index (κ2) is 7.21. The predicted octanol–water partition coefficient (Wildman–Crippen LogP) is 2.08. The van der Waals surface area contributed by atoms with E-state index in [0.717, 1.165) is 45.2 Å². The molecule has 2 rings (SSSR count). The van der Waals surface area contributed by atoms with Crippen molar-refractivity contribution in [2.24, 2.45) is 5.92 Å². The van der Waals surface area contributed by atoms with E-state index in [9.17, 15) is 9.59 Å². The Labute approximate surface area is 122 Å². The summed E-state index contributed by atoms with van der Waals surface area (Å²) < 4.78 is 0. The van der Waals surface area contributed by atoms with E-state index in [0.29, 0.717) is 18.2 Å². The van der Waals surface area contributed by atoms with Crippen LogP contribution >= 0.6 is 0 Å². The van der Waals surface area contributed by atoms with Gasteiger partial charge in [0.2, 0.25) is 5.91 Å². The summed E-state index contributed by atoms with van der Waals surface area (Å²) in [5.74, 6) is 0.961. The first-order valence-corrected chi connectivity index (χ1v) is 8.06. The number of nitrogens with zero attached hydrogens (tertiary/aromatic N) is 2. The lowest BCUT2D eigenvalue weighted by Crippen LogP contribution is -2.41. The molecule has 0 aromatic heterocycles. The van der Waals surface area contributed by atoms with Crippen LogP contribution in [-0.2, 0) is 9.59 Å². The van der Waals surface area contributed by atoms with Gasteiger partial charge in [-0.25, -0.2) is 0 Å². The molecule has 1 amide bonds. The number of hydrogen-bond donors (Lipinski definition) is 0. The first-order valence-electron chi connectivity index (χ1n) is 8.06. The molecule has 2 aliphatic rings. The molecule has 114 valence electrons. The summed E-state index contributed by atoms with van der Waals surface area (Å²) in [6, 6.07) is 0.456. The van der Waals surface area contributed by atoms with E-state index in [1.165, 1.54) is 12.8 Å². The average Bonchev–Trinajstić information content (AvgIpc) is 2.87. The van der Waals surface area contributed by atoms with Crippen molar-refractivity contribution in [3.8, 4) is 0 Å². The third-order valence-corrected chi connectivity index (χ3v) is 4.82. The summed E-state index contributed by atoms with van der Waals surface area (Å²) in [4.78, 5) is 27.8. The van der Waals surface area contributed by atoms with Crippen LogP contribution in [0.4, 0.5) is 0 Å². The van der Waals surface area contributed by atoms with Gasteiger partial charge in [-0.05, 0) is 45.2 Å². The van der Waals surface area contributed by atoms with Crippen LogP contribution in [0.15, 0.2) is 0 Å². The summed E-state index contributed by atoms with van der Waals surface area (Å²) in [5, 5.41) is 0. The molecule has 1 saturated heterocycles. The third kappa shape index (κ3) is 3.81. The summed E-state index contributed by atoms with van der Waals surface area (Å²) >= 11 is 0. The maximum atomic E-state index is 12.1. The van der Waals surface area contributed by atoms with Crippen LogP contribution in [0.2, 0.25) is 0 Å². The zero-order chi connectivity index (χ0) is 14.5. The van der Waals surface area contributed by atoms with Crippen molar-refractivity contribution < 1.29 is 9.59 Å². The van der Waals surface area contributed by atoms with E-state index < -0.39 is 0 Å². The fraction of sp³-hybridized carbons (Fsp3) is 0.875. The van der Waals surface area contributed by atoms with Gasteiger partial charge in [-0.15, -0.1) is 0 Å². The van der Waals surface area contributed by atoms with Gasteiger partial charge in [0.15, 0.2) is 0 Å². The molecular weight excluding hydrogens is 252 g/mol. The molecular formula is C16H28N2O2. The summed E-state index contributed by atoms with van der Waals surface area (Å²) in [7, 11) is 3.61. The van der Waals surface area contributed by atoms with Crippen molar-refractivity contribution >= 4 is 11.7 Å². The first kappa shape index (κ1) is 15.5. The third-order valence-electron chi connectivity index (χ3n) is 4.82. The van der Waals surface area contributed by atoms with Crippen molar-refractivity contribution in [1.82, 2.24) is 9.80 Å². The Kier molecular flexibility index (Phi) is 5.58. The van der Waals surface area contributed by atoms with Gasteiger partial charge in [-0.2, -0.15) is 0 Å². The highest BCUT2D eigenvalue weighted by molar-refractivity contribution is 5.82.